The van der Waals surface area contributed by atoms with Crippen LogP contribution >= 0.6 is 0 Å². The van der Waals surface area contributed by atoms with Crippen molar-refractivity contribution in [1.29, 1.82) is 0 Å². The third kappa shape index (κ3) is 2.60. The highest BCUT2D eigenvalue weighted by Gasteiger charge is 2.71. The van der Waals surface area contributed by atoms with Crippen LogP contribution < -0.4 is 0 Å². The van der Waals surface area contributed by atoms with Crippen LogP contribution in [0.3, 0.4) is 0 Å². The molecular formula is C12H10F6O. The summed E-state index contributed by atoms with van der Waals surface area (Å²) in [6.07, 6.45) is -10.7. The number of rotatable bonds is 2. The van der Waals surface area contributed by atoms with E-state index >= 15 is 0 Å². The van der Waals surface area contributed by atoms with Crippen LogP contribution in [0.15, 0.2) is 24.8 Å². The number of hydrogen-bond acceptors (Lipinski definition) is 1. The Morgan fingerprint density at radius 3 is 1.84 bits per heavy atom. The van der Waals surface area contributed by atoms with Gasteiger partial charge in [0.15, 0.2) is 0 Å². The predicted octanol–water partition coefficient (Wildman–Crippen LogP) is 3.95. The first-order chi connectivity index (χ1) is 8.43. The number of hydrogen-bond donors (Lipinski definition) is 1. The van der Waals surface area contributed by atoms with Gasteiger partial charge in [0.1, 0.15) is 0 Å². The third-order valence-electron chi connectivity index (χ3n) is 2.57. The van der Waals surface area contributed by atoms with Gasteiger partial charge in [-0.3, -0.25) is 0 Å². The molecule has 0 saturated heterocycles. The summed E-state index contributed by atoms with van der Waals surface area (Å²) in [5.74, 6) is 0. The van der Waals surface area contributed by atoms with Crippen molar-refractivity contribution >= 4 is 6.08 Å². The molecule has 0 radical (unpaired) electrons. The first-order valence-electron chi connectivity index (χ1n) is 5.04. The van der Waals surface area contributed by atoms with Crippen molar-refractivity contribution in [2.45, 2.75) is 24.9 Å². The van der Waals surface area contributed by atoms with Crippen LogP contribution in [0.5, 0.6) is 0 Å². The highest BCUT2D eigenvalue weighted by Crippen LogP contribution is 2.50. The molecule has 1 aromatic carbocycles. The van der Waals surface area contributed by atoms with Gasteiger partial charge in [-0.2, -0.15) is 26.3 Å². The van der Waals surface area contributed by atoms with Gasteiger partial charge in [0.25, 0.3) is 5.60 Å². The zero-order valence-electron chi connectivity index (χ0n) is 9.73. The van der Waals surface area contributed by atoms with Crippen molar-refractivity contribution in [3.63, 3.8) is 0 Å². The zero-order chi connectivity index (χ0) is 15.1. The van der Waals surface area contributed by atoms with Gasteiger partial charge in [0, 0.05) is 5.56 Å². The molecule has 1 rings (SSSR count). The van der Waals surface area contributed by atoms with Gasteiger partial charge >= 0.3 is 12.4 Å². The summed E-state index contributed by atoms with van der Waals surface area (Å²) in [5.41, 5.74) is -5.97. The van der Waals surface area contributed by atoms with E-state index in [1.807, 2.05) is 0 Å². The molecule has 7 heteroatoms. The van der Waals surface area contributed by atoms with Gasteiger partial charge in [-0.25, -0.2) is 0 Å². The van der Waals surface area contributed by atoms with E-state index in [9.17, 15) is 31.4 Å². The Morgan fingerprint density at radius 2 is 1.47 bits per heavy atom. The van der Waals surface area contributed by atoms with Gasteiger partial charge < -0.3 is 5.11 Å². The summed E-state index contributed by atoms with van der Waals surface area (Å²) in [7, 11) is 0. The van der Waals surface area contributed by atoms with Crippen molar-refractivity contribution in [2.24, 2.45) is 0 Å². The number of benzene rings is 1. The highest BCUT2D eigenvalue weighted by molar-refractivity contribution is 5.51. The molecule has 0 aliphatic heterocycles. The fraction of sp³-hybridized carbons (Fsp3) is 0.333. The van der Waals surface area contributed by atoms with Gasteiger partial charge in [-0.05, 0) is 18.6 Å². The number of aliphatic hydroxyl groups is 1. The van der Waals surface area contributed by atoms with E-state index in [4.69, 9.17) is 0 Å². The topological polar surface area (TPSA) is 20.2 Å². The molecule has 0 unspecified atom stereocenters. The Bertz CT molecular complexity index is 472. The smallest absolute Gasteiger partial charge is 0.369 e. The quantitative estimate of drug-likeness (QED) is 0.815. The lowest BCUT2D eigenvalue weighted by molar-refractivity contribution is -0.376. The minimum atomic E-state index is -5.88. The zero-order valence-corrected chi connectivity index (χ0v) is 9.73. The Balaban J connectivity index is 3.60. The summed E-state index contributed by atoms with van der Waals surface area (Å²) in [6.45, 7) is 4.60. The molecular weight excluding hydrogens is 274 g/mol. The van der Waals surface area contributed by atoms with Crippen molar-refractivity contribution in [1.82, 2.24) is 0 Å². The highest BCUT2D eigenvalue weighted by atomic mass is 19.4. The van der Waals surface area contributed by atoms with Crippen LogP contribution in [0.25, 0.3) is 6.08 Å². The Hall–Kier alpha value is -1.50. The molecule has 0 fully saturated rings. The van der Waals surface area contributed by atoms with E-state index < -0.39 is 23.5 Å². The summed E-state index contributed by atoms with van der Waals surface area (Å²) in [5, 5.41) is 9.22. The van der Waals surface area contributed by atoms with Crippen molar-refractivity contribution < 1.29 is 31.4 Å². The first kappa shape index (κ1) is 15.6. The Morgan fingerprint density at radius 1 is 1.00 bits per heavy atom. The van der Waals surface area contributed by atoms with Crippen molar-refractivity contribution in [2.75, 3.05) is 0 Å². The van der Waals surface area contributed by atoms with Crippen LogP contribution in [0.1, 0.15) is 16.7 Å². The van der Waals surface area contributed by atoms with Crippen LogP contribution in [0, 0.1) is 6.92 Å². The maximum Gasteiger partial charge on any atom is 0.430 e. The Kier molecular flexibility index (Phi) is 3.73. The van der Waals surface area contributed by atoms with Crippen LogP contribution in [-0.2, 0) is 5.60 Å². The number of aryl methyl sites for hydroxylation is 1. The molecule has 106 valence electrons. The standard InChI is InChI=1S/C12H10F6O/c1-3-8-4-7(2)5-9(6-8)10(19,11(13,14)15)12(16,17)18/h3-6,19H,1H2,2H3. The van der Waals surface area contributed by atoms with E-state index in [-0.39, 0.29) is 11.1 Å². The number of alkyl halides is 6. The van der Waals surface area contributed by atoms with Gasteiger partial charge in [-0.15, -0.1) is 0 Å². The lowest BCUT2D eigenvalue weighted by Crippen LogP contribution is -2.54. The third-order valence-corrected chi connectivity index (χ3v) is 2.57. The number of halogens is 6. The summed E-state index contributed by atoms with van der Waals surface area (Å²) >= 11 is 0. The normalized spacial score (nSPS) is 13.5. The SMILES string of the molecule is C=Cc1cc(C)cc(C(O)(C(F)(F)F)C(F)(F)F)c1. The summed E-state index contributed by atoms with van der Waals surface area (Å²) < 4.78 is 75.9. The van der Waals surface area contributed by atoms with E-state index in [0.717, 1.165) is 6.08 Å². The average Bonchev–Trinajstić information content (AvgIpc) is 2.23. The van der Waals surface area contributed by atoms with Gasteiger partial charge in [0.05, 0.1) is 0 Å². The molecule has 1 nitrogen and oxygen atoms in total. The lowest BCUT2D eigenvalue weighted by Gasteiger charge is -2.33. The molecule has 0 bridgehead atoms. The second-order valence-electron chi connectivity index (χ2n) is 4.04. The van der Waals surface area contributed by atoms with Gasteiger partial charge in [-0.1, -0.05) is 30.4 Å². The molecule has 0 amide bonds. The molecule has 0 saturated carbocycles. The van der Waals surface area contributed by atoms with Crippen molar-refractivity contribution in [3.05, 3.63) is 41.5 Å². The van der Waals surface area contributed by atoms with E-state index in [2.05, 4.69) is 6.58 Å². The van der Waals surface area contributed by atoms with Crippen LogP contribution in [0.2, 0.25) is 0 Å². The second kappa shape index (κ2) is 4.56. The molecule has 0 aromatic heterocycles. The van der Waals surface area contributed by atoms with Gasteiger partial charge in [0.2, 0.25) is 0 Å². The minimum Gasteiger partial charge on any atom is -0.369 e. The van der Waals surface area contributed by atoms with Crippen LogP contribution in [-0.4, -0.2) is 17.5 Å². The average molecular weight is 284 g/mol. The maximum atomic E-state index is 12.7. The Labute approximate surface area is 105 Å². The largest absolute Gasteiger partial charge is 0.430 e. The van der Waals surface area contributed by atoms with Crippen LogP contribution in [0.4, 0.5) is 26.3 Å². The fourth-order valence-electron chi connectivity index (χ4n) is 1.63. The monoisotopic (exact) mass is 284 g/mol. The molecule has 0 heterocycles. The minimum absolute atomic E-state index is 0.0573. The van der Waals surface area contributed by atoms with E-state index in [0.29, 0.717) is 12.1 Å². The molecule has 0 atom stereocenters. The molecule has 0 aliphatic rings. The van der Waals surface area contributed by atoms with E-state index in [1.54, 1.807) is 0 Å². The fourth-order valence-corrected chi connectivity index (χ4v) is 1.63. The molecule has 1 N–H and O–H groups in total. The molecule has 19 heavy (non-hydrogen) atoms. The van der Waals surface area contributed by atoms with E-state index in [1.165, 1.54) is 13.0 Å². The lowest BCUT2D eigenvalue weighted by atomic mass is 9.89. The summed E-state index contributed by atoms with van der Waals surface area (Å²) in [6, 6.07) is 2.61. The summed E-state index contributed by atoms with van der Waals surface area (Å²) in [4.78, 5) is 0. The van der Waals surface area contributed by atoms with Crippen molar-refractivity contribution in [3.8, 4) is 0 Å². The molecule has 0 spiro atoms. The second-order valence-corrected chi connectivity index (χ2v) is 4.04. The molecule has 1 aromatic rings. The molecule has 0 aliphatic carbocycles. The maximum absolute atomic E-state index is 12.7. The first-order valence-corrected chi connectivity index (χ1v) is 5.04. The predicted molar refractivity (Wildman–Crippen MR) is 57.3 cm³/mol.